The predicted octanol–water partition coefficient (Wildman–Crippen LogP) is 1.59. The van der Waals surface area contributed by atoms with Gasteiger partial charge in [-0.2, -0.15) is 0 Å². The van der Waals surface area contributed by atoms with Crippen LogP contribution in [0.2, 0.25) is 0 Å². The van der Waals surface area contributed by atoms with Crippen LogP contribution in [0.5, 0.6) is 0 Å². The second-order valence-electron chi connectivity index (χ2n) is 5.44. The van der Waals surface area contributed by atoms with Crippen LogP contribution in [0.3, 0.4) is 0 Å². The fourth-order valence-electron chi connectivity index (χ4n) is 2.40. The summed E-state index contributed by atoms with van der Waals surface area (Å²) in [5, 5.41) is 3.42. The summed E-state index contributed by atoms with van der Waals surface area (Å²) in [5.74, 6) is 1.34. The molecule has 96 valence electrons. The van der Waals surface area contributed by atoms with E-state index >= 15 is 0 Å². The minimum absolute atomic E-state index is 0.621. The molecule has 16 heavy (non-hydrogen) atoms. The van der Waals surface area contributed by atoms with Crippen LogP contribution in [0.1, 0.15) is 27.2 Å². The highest BCUT2D eigenvalue weighted by molar-refractivity contribution is 4.82. The van der Waals surface area contributed by atoms with Crippen LogP contribution in [-0.2, 0) is 4.74 Å². The monoisotopic (exact) mass is 228 g/mol. The molecule has 0 aromatic carbocycles. The van der Waals surface area contributed by atoms with Gasteiger partial charge in [0.15, 0.2) is 0 Å². The van der Waals surface area contributed by atoms with Gasteiger partial charge in [0, 0.05) is 31.2 Å². The summed E-state index contributed by atoms with van der Waals surface area (Å²) in [6.07, 6.45) is 1.14. The summed E-state index contributed by atoms with van der Waals surface area (Å²) in [5.41, 5.74) is 0. The van der Waals surface area contributed by atoms with Gasteiger partial charge in [0.25, 0.3) is 0 Å². The molecule has 0 amide bonds. The van der Waals surface area contributed by atoms with Crippen LogP contribution in [0.15, 0.2) is 0 Å². The van der Waals surface area contributed by atoms with Gasteiger partial charge >= 0.3 is 0 Å². The molecule has 0 aromatic rings. The number of nitrogens with one attached hydrogen (secondary N) is 1. The zero-order valence-electron chi connectivity index (χ0n) is 11.5. The summed E-state index contributed by atoms with van der Waals surface area (Å²) in [7, 11) is 4.29. The average Bonchev–Trinajstić information content (AvgIpc) is 2.28. The Morgan fingerprint density at radius 2 is 2.06 bits per heavy atom. The van der Waals surface area contributed by atoms with Gasteiger partial charge in [-0.05, 0) is 33.4 Å². The molecule has 0 bridgehead atoms. The molecular weight excluding hydrogens is 200 g/mol. The number of nitrogens with zero attached hydrogens (tertiary/aromatic N) is 1. The Kier molecular flexibility index (Phi) is 5.73. The Balaban J connectivity index is 2.44. The highest BCUT2D eigenvalue weighted by Crippen LogP contribution is 2.18. The Bertz CT molecular complexity index is 196. The smallest absolute Gasteiger partial charge is 0.0521 e. The van der Waals surface area contributed by atoms with Crippen molar-refractivity contribution in [2.75, 3.05) is 33.9 Å². The fraction of sp³-hybridized carbons (Fsp3) is 1.00. The van der Waals surface area contributed by atoms with Crippen molar-refractivity contribution >= 4 is 0 Å². The zero-order chi connectivity index (χ0) is 12.1. The van der Waals surface area contributed by atoms with Gasteiger partial charge in [-0.15, -0.1) is 0 Å². The van der Waals surface area contributed by atoms with Gasteiger partial charge in [0.05, 0.1) is 6.61 Å². The lowest BCUT2D eigenvalue weighted by Gasteiger charge is -2.37. The largest absolute Gasteiger partial charge is 0.381 e. The molecule has 1 aliphatic rings. The van der Waals surface area contributed by atoms with Gasteiger partial charge in [0.1, 0.15) is 0 Å². The van der Waals surface area contributed by atoms with Crippen LogP contribution in [-0.4, -0.2) is 50.8 Å². The van der Waals surface area contributed by atoms with Gasteiger partial charge in [-0.3, -0.25) is 0 Å². The van der Waals surface area contributed by atoms with E-state index in [0.717, 1.165) is 26.2 Å². The minimum Gasteiger partial charge on any atom is -0.381 e. The van der Waals surface area contributed by atoms with Crippen LogP contribution >= 0.6 is 0 Å². The van der Waals surface area contributed by atoms with Crippen molar-refractivity contribution in [3.63, 3.8) is 0 Å². The van der Waals surface area contributed by atoms with Crippen LogP contribution in [0, 0.1) is 11.8 Å². The first-order valence-corrected chi connectivity index (χ1v) is 6.51. The third-order valence-corrected chi connectivity index (χ3v) is 4.03. The second-order valence-corrected chi connectivity index (χ2v) is 5.44. The molecule has 0 aliphatic carbocycles. The van der Waals surface area contributed by atoms with E-state index in [2.05, 4.69) is 45.1 Å². The average molecular weight is 228 g/mol. The van der Waals surface area contributed by atoms with Crippen molar-refractivity contribution < 1.29 is 4.74 Å². The summed E-state index contributed by atoms with van der Waals surface area (Å²) in [6, 6.07) is 1.26. The van der Waals surface area contributed by atoms with Gasteiger partial charge in [-0.25, -0.2) is 0 Å². The maximum absolute atomic E-state index is 5.59. The summed E-state index contributed by atoms with van der Waals surface area (Å²) >= 11 is 0. The maximum atomic E-state index is 5.59. The third-order valence-electron chi connectivity index (χ3n) is 4.03. The van der Waals surface area contributed by atoms with Crippen LogP contribution in [0.4, 0.5) is 0 Å². The quantitative estimate of drug-likeness (QED) is 0.773. The fourth-order valence-corrected chi connectivity index (χ4v) is 2.40. The molecule has 1 saturated heterocycles. The predicted molar refractivity (Wildman–Crippen MR) is 68.7 cm³/mol. The molecule has 1 N–H and O–H groups in total. The molecule has 1 rings (SSSR count). The van der Waals surface area contributed by atoms with Crippen LogP contribution < -0.4 is 5.32 Å². The van der Waals surface area contributed by atoms with E-state index in [4.69, 9.17) is 4.74 Å². The molecular formula is C13H28N2O. The first-order valence-electron chi connectivity index (χ1n) is 6.51. The summed E-state index contributed by atoms with van der Waals surface area (Å²) < 4.78 is 5.59. The molecule has 3 heteroatoms. The van der Waals surface area contributed by atoms with Gasteiger partial charge in [0.2, 0.25) is 0 Å². The summed E-state index contributed by atoms with van der Waals surface area (Å²) in [6.45, 7) is 9.82. The highest BCUT2D eigenvalue weighted by Gasteiger charge is 2.27. The lowest BCUT2D eigenvalue weighted by molar-refractivity contribution is 0.0146. The number of hydrogen-bond acceptors (Lipinski definition) is 3. The molecule has 1 heterocycles. The molecule has 1 aliphatic heterocycles. The van der Waals surface area contributed by atoms with E-state index in [9.17, 15) is 0 Å². The molecule has 1 fully saturated rings. The Labute approximate surface area is 101 Å². The molecule has 0 aromatic heterocycles. The molecule has 0 saturated carbocycles. The third kappa shape index (κ3) is 3.72. The zero-order valence-corrected chi connectivity index (χ0v) is 11.5. The molecule has 3 nitrogen and oxygen atoms in total. The van der Waals surface area contributed by atoms with Gasteiger partial charge < -0.3 is 15.0 Å². The standard InChI is InChI=1S/C13H28N2O/c1-10(2)11(3)15(5)8-12-9-16-7-6-13(12)14-4/h10-14H,6-9H2,1-5H3. The van der Waals surface area contributed by atoms with Crippen LogP contribution in [0.25, 0.3) is 0 Å². The van der Waals surface area contributed by atoms with E-state index in [-0.39, 0.29) is 0 Å². The van der Waals surface area contributed by atoms with Crippen molar-refractivity contribution in [3.05, 3.63) is 0 Å². The maximum Gasteiger partial charge on any atom is 0.0521 e. The number of hydrogen-bond donors (Lipinski definition) is 1. The number of rotatable bonds is 5. The topological polar surface area (TPSA) is 24.5 Å². The minimum atomic E-state index is 0.621. The van der Waals surface area contributed by atoms with Crippen molar-refractivity contribution in [2.45, 2.75) is 39.3 Å². The summed E-state index contributed by atoms with van der Waals surface area (Å²) in [4.78, 5) is 2.47. The normalized spacial score (nSPS) is 28.7. The lowest BCUT2D eigenvalue weighted by atomic mass is 9.94. The van der Waals surface area contributed by atoms with Gasteiger partial charge in [-0.1, -0.05) is 13.8 Å². The Morgan fingerprint density at radius 1 is 1.38 bits per heavy atom. The van der Waals surface area contributed by atoms with E-state index in [1.165, 1.54) is 0 Å². The van der Waals surface area contributed by atoms with Crippen molar-refractivity contribution in [1.82, 2.24) is 10.2 Å². The molecule has 3 unspecified atom stereocenters. The molecule has 0 spiro atoms. The SMILES string of the molecule is CNC1CCOCC1CN(C)C(C)C(C)C. The number of ether oxygens (including phenoxy) is 1. The first kappa shape index (κ1) is 13.9. The van der Waals surface area contributed by atoms with E-state index in [1.54, 1.807) is 0 Å². The molecule has 0 radical (unpaired) electrons. The second kappa shape index (κ2) is 6.58. The molecule has 3 atom stereocenters. The van der Waals surface area contributed by atoms with E-state index < -0.39 is 0 Å². The van der Waals surface area contributed by atoms with Crippen molar-refractivity contribution in [2.24, 2.45) is 11.8 Å². The Hall–Kier alpha value is -0.120. The first-order chi connectivity index (χ1) is 7.56. The van der Waals surface area contributed by atoms with Crippen molar-refractivity contribution in [1.29, 1.82) is 0 Å². The Morgan fingerprint density at radius 3 is 2.62 bits per heavy atom. The van der Waals surface area contributed by atoms with Crippen molar-refractivity contribution in [3.8, 4) is 0 Å². The highest BCUT2D eigenvalue weighted by atomic mass is 16.5. The van der Waals surface area contributed by atoms with E-state index in [0.29, 0.717) is 23.9 Å². The van der Waals surface area contributed by atoms with E-state index in [1.807, 2.05) is 0 Å². The lowest BCUT2D eigenvalue weighted by Crippen LogP contribution is -2.48.